The maximum atomic E-state index is 13.2. The molecule has 3 N–H and O–H groups in total. The molecule has 2 saturated heterocycles. The van der Waals surface area contributed by atoms with Crippen LogP contribution in [-0.2, 0) is 42.3 Å². The van der Waals surface area contributed by atoms with Gasteiger partial charge in [-0.25, -0.2) is 9.97 Å². The van der Waals surface area contributed by atoms with Crippen LogP contribution in [0.3, 0.4) is 0 Å². The number of benzene rings is 1. The van der Waals surface area contributed by atoms with Crippen molar-refractivity contribution in [1.29, 1.82) is 0 Å². The molecule has 3 atom stereocenters. The minimum Gasteiger partial charge on any atom is -0.377 e. The Balaban J connectivity index is 0.831. The van der Waals surface area contributed by atoms with Crippen LogP contribution in [0.1, 0.15) is 48.6 Å². The van der Waals surface area contributed by atoms with E-state index in [1.807, 2.05) is 17.5 Å². The summed E-state index contributed by atoms with van der Waals surface area (Å²) in [6.45, 7) is 4.43. The van der Waals surface area contributed by atoms with Crippen LogP contribution in [-0.4, -0.2) is 121 Å². The van der Waals surface area contributed by atoms with E-state index in [-0.39, 0.29) is 56.3 Å². The topological polar surface area (TPSA) is 238 Å². The molecule has 0 saturated carbocycles. The van der Waals surface area contributed by atoms with Gasteiger partial charge in [-0.05, 0) is 66.9 Å². The van der Waals surface area contributed by atoms with E-state index in [2.05, 4.69) is 45.5 Å². The zero-order valence-electron chi connectivity index (χ0n) is 32.2. The number of nitrogens with zero attached hydrogens (tertiary/aromatic N) is 8. The van der Waals surface area contributed by atoms with Gasteiger partial charge in [-0.15, -0.1) is 15.2 Å². The van der Waals surface area contributed by atoms with Crippen LogP contribution in [0.15, 0.2) is 75.0 Å². The summed E-state index contributed by atoms with van der Waals surface area (Å²) in [6, 6.07) is 9.24. The van der Waals surface area contributed by atoms with Crippen LogP contribution >= 0.6 is 11.3 Å². The van der Waals surface area contributed by atoms with Gasteiger partial charge in [0.1, 0.15) is 11.9 Å². The average Bonchev–Trinajstić information content (AvgIpc) is 3.93. The molecule has 59 heavy (non-hydrogen) atoms. The van der Waals surface area contributed by atoms with Crippen molar-refractivity contribution in [2.75, 3.05) is 64.5 Å². The van der Waals surface area contributed by atoms with Crippen LogP contribution in [0.25, 0.3) is 21.0 Å². The van der Waals surface area contributed by atoms with Gasteiger partial charge in [0.2, 0.25) is 17.8 Å². The van der Waals surface area contributed by atoms with Gasteiger partial charge in [0, 0.05) is 74.0 Å². The van der Waals surface area contributed by atoms with Crippen molar-refractivity contribution in [1.82, 2.24) is 35.1 Å². The number of nitrogens with one attached hydrogen (secondary N) is 3. The van der Waals surface area contributed by atoms with Gasteiger partial charge in [0.05, 0.1) is 47.9 Å². The van der Waals surface area contributed by atoms with E-state index in [1.165, 1.54) is 17.0 Å². The SMILES string of the molecule is [N-]=[N+]=NC1C[C@@H](C(=O)NCCOCCOCCNc2ncc(CN3CCCC(c4nc(=O)cc(-c5cccs5)[nH]4)C3)cn2)N(C(=O)CCc2ccc(S(=O)(=O)F)cc2)C1. The monoisotopic (exact) mass is 851 g/mol. The average molecular weight is 852 g/mol. The lowest BCUT2D eigenvalue weighted by Gasteiger charge is -2.32. The number of thiophene rings is 1. The Bertz CT molecular complexity index is 2220. The molecule has 0 bridgehead atoms. The Hall–Kier alpha value is -5.31. The molecule has 2 aliphatic heterocycles. The number of amides is 2. The third kappa shape index (κ3) is 12.8. The van der Waals surface area contributed by atoms with E-state index < -0.39 is 33.1 Å². The number of anilines is 1. The summed E-state index contributed by atoms with van der Waals surface area (Å²) in [5.74, 6) is 0.626. The Labute approximate surface area is 344 Å². The summed E-state index contributed by atoms with van der Waals surface area (Å²) >= 11 is 1.58. The number of likely N-dealkylation sites (tertiary alicyclic amines) is 2. The van der Waals surface area contributed by atoms with Gasteiger partial charge in [0.25, 0.3) is 5.56 Å². The van der Waals surface area contributed by atoms with Gasteiger partial charge >= 0.3 is 10.2 Å². The number of hydrogen-bond acceptors (Lipinski definition) is 14. The first-order valence-electron chi connectivity index (χ1n) is 19.3. The number of aromatic amines is 1. The zero-order chi connectivity index (χ0) is 41.6. The van der Waals surface area contributed by atoms with Crippen molar-refractivity contribution >= 4 is 39.3 Å². The number of H-pyrrole nitrogens is 1. The predicted octanol–water partition coefficient (Wildman–Crippen LogP) is 3.80. The molecule has 314 valence electrons. The number of halogens is 1. The molecule has 1 aromatic carbocycles. The predicted molar refractivity (Wildman–Crippen MR) is 217 cm³/mol. The van der Waals surface area contributed by atoms with Crippen LogP contribution in [0.5, 0.6) is 0 Å². The molecule has 2 fully saturated rings. The van der Waals surface area contributed by atoms with Gasteiger partial charge in [-0.1, -0.05) is 23.3 Å². The van der Waals surface area contributed by atoms with E-state index in [0.29, 0.717) is 44.4 Å². The number of ether oxygens (including phenoxy) is 2. The number of carbonyl (C=O) groups excluding carboxylic acids is 2. The maximum absolute atomic E-state index is 13.2. The first-order chi connectivity index (χ1) is 28.6. The van der Waals surface area contributed by atoms with Crippen molar-refractivity contribution in [3.63, 3.8) is 0 Å². The molecule has 0 radical (unpaired) electrons. The second kappa shape index (κ2) is 21.1. The Kier molecular flexibility index (Phi) is 15.5. The summed E-state index contributed by atoms with van der Waals surface area (Å²) < 4.78 is 46.5. The molecule has 2 aliphatic rings. The lowest BCUT2D eigenvalue weighted by molar-refractivity contribution is -0.138. The van der Waals surface area contributed by atoms with Crippen molar-refractivity contribution in [3.05, 3.63) is 98.0 Å². The Morgan fingerprint density at radius 1 is 1.05 bits per heavy atom. The smallest absolute Gasteiger partial charge is 0.332 e. The fourth-order valence-corrected chi connectivity index (χ4v) is 8.23. The van der Waals surface area contributed by atoms with Crippen LogP contribution in [0.4, 0.5) is 9.83 Å². The van der Waals surface area contributed by atoms with E-state index >= 15 is 0 Å². The van der Waals surface area contributed by atoms with Crippen LogP contribution in [0, 0.1) is 0 Å². The summed E-state index contributed by atoms with van der Waals surface area (Å²) in [5, 5.41) is 11.6. The minimum absolute atomic E-state index is 0.0178. The molecule has 2 unspecified atom stereocenters. The van der Waals surface area contributed by atoms with Crippen molar-refractivity contribution in [3.8, 4) is 10.6 Å². The maximum Gasteiger partial charge on any atom is 0.332 e. The zero-order valence-corrected chi connectivity index (χ0v) is 33.9. The van der Waals surface area contributed by atoms with E-state index in [0.717, 1.165) is 60.0 Å². The number of aromatic nitrogens is 4. The molecular formula is C38H46FN11O7S2. The first kappa shape index (κ1) is 43.3. The summed E-state index contributed by atoms with van der Waals surface area (Å²) in [7, 11) is -4.82. The van der Waals surface area contributed by atoms with Gasteiger partial charge < -0.3 is 30.0 Å². The number of piperidine rings is 1. The molecule has 0 aliphatic carbocycles. The fraction of sp³-hybridized carbons (Fsp3) is 0.474. The number of azide groups is 1. The van der Waals surface area contributed by atoms with E-state index in [9.17, 15) is 26.7 Å². The number of aryl methyl sites for hydroxylation is 1. The molecule has 18 nitrogen and oxygen atoms in total. The van der Waals surface area contributed by atoms with Crippen LogP contribution in [0.2, 0.25) is 0 Å². The highest BCUT2D eigenvalue weighted by Crippen LogP contribution is 2.28. The normalized spacial score (nSPS) is 18.3. The molecule has 0 spiro atoms. The second-order valence-corrected chi connectivity index (χ2v) is 16.5. The number of hydrogen-bond donors (Lipinski definition) is 3. The largest absolute Gasteiger partial charge is 0.377 e. The standard InChI is InChI=1S/C38H46FN11O7S2/c39-59(54,55)30-8-5-26(6-9-30)7-10-35(52)50-25-29(47-48-40)19-32(50)37(53)41-11-14-56-16-17-57-15-12-42-38-43-21-27(22-44-38)23-49-13-1-3-28(24-49)36-45-31(20-34(51)46-36)33-4-2-18-58-33/h2,4-6,8-9,18,20-22,28-29,32H,1,3,7,10-17,19,23-25H2,(H,41,53)(H,42,43,44)(H,45,46,51)/t28?,29?,32-/m0/s1. The molecule has 6 rings (SSSR count). The highest BCUT2D eigenvalue weighted by molar-refractivity contribution is 7.86. The minimum atomic E-state index is -4.82. The molecular weight excluding hydrogens is 806 g/mol. The lowest BCUT2D eigenvalue weighted by atomic mass is 9.96. The third-order valence-electron chi connectivity index (χ3n) is 9.95. The molecule has 4 aromatic rings. The summed E-state index contributed by atoms with van der Waals surface area (Å²) in [6.07, 6.45) is 6.01. The van der Waals surface area contributed by atoms with Gasteiger partial charge in [0.15, 0.2) is 0 Å². The molecule has 21 heteroatoms. The Morgan fingerprint density at radius 2 is 1.81 bits per heavy atom. The summed E-state index contributed by atoms with van der Waals surface area (Å²) in [5.41, 5.74) is 11.1. The van der Waals surface area contributed by atoms with E-state index in [1.54, 1.807) is 29.8 Å². The van der Waals surface area contributed by atoms with Crippen molar-refractivity contribution in [2.45, 2.75) is 61.5 Å². The van der Waals surface area contributed by atoms with Crippen LogP contribution < -0.4 is 16.2 Å². The van der Waals surface area contributed by atoms with Gasteiger partial charge in [-0.3, -0.25) is 19.3 Å². The second-order valence-electron chi connectivity index (χ2n) is 14.2. The summed E-state index contributed by atoms with van der Waals surface area (Å²) in [4.78, 5) is 62.1. The van der Waals surface area contributed by atoms with E-state index in [4.69, 9.17) is 15.0 Å². The molecule has 5 heterocycles. The third-order valence-corrected chi connectivity index (χ3v) is 11.7. The number of carbonyl (C=O) groups is 2. The van der Waals surface area contributed by atoms with Crippen molar-refractivity contribution < 1.29 is 31.4 Å². The first-order valence-corrected chi connectivity index (χ1v) is 21.5. The van der Waals surface area contributed by atoms with Gasteiger partial charge in [-0.2, -0.15) is 13.4 Å². The lowest BCUT2D eigenvalue weighted by Crippen LogP contribution is -2.46. The molecule has 2 amide bonds. The Morgan fingerprint density at radius 3 is 2.53 bits per heavy atom. The fourth-order valence-electron chi connectivity index (χ4n) is 7.07. The van der Waals surface area contributed by atoms with Crippen molar-refractivity contribution in [2.24, 2.45) is 5.11 Å². The highest BCUT2D eigenvalue weighted by atomic mass is 32.3. The quantitative estimate of drug-likeness (QED) is 0.0379. The number of rotatable bonds is 20. The molecule has 3 aromatic heterocycles. The highest BCUT2D eigenvalue weighted by Gasteiger charge is 2.38.